The maximum Gasteiger partial charge on any atom is 0.307 e. The van der Waals surface area contributed by atoms with Gasteiger partial charge in [0.25, 0.3) is 0 Å². The Hall–Kier alpha value is -1.91. The summed E-state index contributed by atoms with van der Waals surface area (Å²) in [7, 11) is 0. The molecular weight excluding hydrogens is 237 g/mol. The predicted octanol–water partition coefficient (Wildman–Crippen LogP) is 2.66. The fourth-order valence-electron chi connectivity index (χ4n) is 1.65. The number of hydrogen-bond donors (Lipinski definition) is 2. The number of rotatable bonds is 6. The number of aliphatic carboxylic acids is 1. The van der Waals surface area contributed by atoms with Crippen LogP contribution in [0.3, 0.4) is 0 Å². The first-order valence-electron chi connectivity index (χ1n) is 5.81. The number of carbonyl (C=O) groups excluding carboxylic acids is 1. The molecule has 5 heteroatoms. The summed E-state index contributed by atoms with van der Waals surface area (Å²) in [4.78, 5) is 22.5. The minimum atomic E-state index is -1.000. The average molecular weight is 253 g/mol. The third-order valence-corrected chi connectivity index (χ3v) is 2.57. The average Bonchev–Trinajstić information content (AvgIpc) is 2.31. The number of carboxylic acids is 1. The highest BCUT2D eigenvalue weighted by Gasteiger charge is 2.20. The molecule has 0 aromatic heterocycles. The zero-order valence-electron chi connectivity index (χ0n) is 10.1. The van der Waals surface area contributed by atoms with Gasteiger partial charge in [0.15, 0.2) is 0 Å². The summed E-state index contributed by atoms with van der Waals surface area (Å²) in [6.45, 7) is 1.85. The minimum Gasteiger partial charge on any atom is -0.481 e. The first kappa shape index (κ1) is 14.2. The van der Waals surface area contributed by atoms with Gasteiger partial charge in [-0.2, -0.15) is 0 Å². The third-order valence-electron chi connectivity index (χ3n) is 2.57. The van der Waals surface area contributed by atoms with E-state index in [0.29, 0.717) is 12.8 Å². The number of para-hydroxylation sites is 1. The van der Waals surface area contributed by atoms with Crippen molar-refractivity contribution in [3.63, 3.8) is 0 Å². The summed E-state index contributed by atoms with van der Waals surface area (Å²) in [6, 6.07) is 5.78. The van der Waals surface area contributed by atoms with E-state index in [4.69, 9.17) is 5.11 Å². The van der Waals surface area contributed by atoms with Gasteiger partial charge >= 0.3 is 5.97 Å². The molecule has 0 bridgehead atoms. The molecule has 1 atom stereocenters. The quantitative estimate of drug-likeness (QED) is 0.819. The summed E-state index contributed by atoms with van der Waals surface area (Å²) in [6.07, 6.45) is 0.974. The molecule has 0 spiro atoms. The molecule has 1 aromatic rings. The number of amides is 1. The summed E-state index contributed by atoms with van der Waals surface area (Å²) in [5.74, 6) is -2.74. The van der Waals surface area contributed by atoms with Gasteiger partial charge in [0.05, 0.1) is 11.6 Å². The van der Waals surface area contributed by atoms with Crippen molar-refractivity contribution in [2.45, 2.75) is 26.2 Å². The molecule has 4 nitrogen and oxygen atoms in total. The molecular formula is C13H16FNO3. The van der Waals surface area contributed by atoms with Crippen LogP contribution >= 0.6 is 0 Å². The van der Waals surface area contributed by atoms with Gasteiger partial charge < -0.3 is 10.4 Å². The zero-order chi connectivity index (χ0) is 13.5. The van der Waals surface area contributed by atoms with Crippen LogP contribution in [0.1, 0.15) is 26.2 Å². The number of hydrogen-bond acceptors (Lipinski definition) is 2. The largest absolute Gasteiger partial charge is 0.481 e. The first-order chi connectivity index (χ1) is 8.54. The summed E-state index contributed by atoms with van der Waals surface area (Å²) < 4.78 is 13.3. The van der Waals surface area contributed by atoms with Crippen molar-refractivity contribution in [3.8, 4) is 0 Å². The SMILES string of the molecule is CCCC(CC(=O)Nc1ccccc1F)C(=O)O. The number of nitrogens with one attached hydrogen (secondary N) is 1. The molecule has 0 heterocycles. The molecule has 0 saturated carbocycles. The van der Waals surface area contributed by atoms with Crippen molar-refractivity contribution in [1.29, 1.82) is 0 Å². The van der Waals surface area contributed by atoms with E-state index in [2.05, 4.69) is 5.32 Å². The van der Waals surface area contributed by atoms with E-state index in [9.17, 15) is 14.0 Å². The van der Waals surface area contributed by atoms with Crippen molar-refractivity contribution in [2.75, 3.05) is 5.32 Å². The second-order valence-corrected chi connectivity index (χ2v) is 4.06. The molecule has 1 amide bonds. The van der Waals surface area contributed by atoms with Gasteiger partial charge in [-0.15, -0.1) is 0 Å². The first-order valence-corrected chi connectivity index (χ1v) is 5.81. The van der Waals surface area contributed by atoms with E-state index in [1.807, 2.05) is 6.92 Å². The molecule has 1 rings (SSSR count). The van der Waals surface area contributed by atoms with E-state index in [0.717, 1.165) is 0 Å². The van der Waals surface area contributed by atoms with Crippen LogP contribution < -0.4 is 5.32 Å². The van der Waals surface area contributed by atoms with Gasteiger partial charge in [0, 0.05) is 6.42 Å². The zero-order valence-corrected chi connectivity index (χ0v) is 10.1. The van der Waals surface area contributed by atoms with Crippen LogP contribution in [0.15, 0.2) is 24.3 Å². The maximum absolute atomic E-state index is 13.3. The lowest BCUT2D eigenvalue weighted by atomic mass is 10.00. The normalized spacial score (nSPS) is 11.9. The predicted molar refractivity (Wildman–Crippen MR) is 65.7 cm³/mol. The molecule has 98 valence electrons. The Morgan fingerprint density at radius 3 is 2.61 bits per heavy atom. The highest BCUT2D eigenvalue weighted by Crippen LogP contribution is 2.16. The molecule has 0 aliphatic rings. The Kier molecular flexibility index (Phi) is 5.30. The van der Waals surface area contributed by atoms with E-state index >= 15 is 0 Å². The lowest BCUT2D eigenvalue weighted by Crippen LogP contribution is -2.22. The number of carbonyl (C=O) groups is 2. The van der Waals surface area contributed by atoms with Crippen LogP contribution in [-0.2, 0) is 9.59 Å². The monoisotopic (exact) mass is 253 g/mol. The molecule has 0 fully saturated rings. The molecule has 0 aliphatic heterocycles. The van der Waals surface area contributed by atoms with Gasteiger partial charge in [-0.25, -0.2) is 4.39 Å². The standard InChI is InChI=1S/C13H16FNO3/c1-2-5-9(13(17)18)8-12(16)15-11-7-4-3-6-10(11)14/h3-4,6-7,9H,2,5,8H2,1H3,(H,15,16)(H,17,18). The third kappa shape index (κ3) is 4.16. The van der Waals surface area contributed by atoms with Crippen LogP contribution in [0.4, 0.5) is 10.1 Å². The molecule has 1 aromatic carbocycles. The topological polar surface area (TPSA) is 66.4 Å². The van der Waals surface area contributed by atoms with E-state index in [1.165, 1.54) is 18.2 Å². The Balaban J connectivity index is 2.61. The number of benzene rings is 1. The molecule has 18 heavy (non-hydrogen) atoms. The van der Waals surface area contributed by atoms with Gasteiger partial charge in [0.1, 0.15) is 5.82 Å². The van der Waals surface area contributed by atoms with Crippen molar-refractivity contribution in [1.82, 2.24) is 0 Å². The van der Waals surface area contributed by atoms with Gasteiger partial charge in [0.2, 0.25) is 5.91 Å². The van der Waals surface area contributed by atoms with Gasteiger partial charge in [-0.3, -0.25) is 9.59 Å². The highest BCUT2D eigenvalue weighted by atomic mass is 19.1. The lowest BCUT2D eigenvalue weighted by Gasteiger charge is -2.11. The Morgan fingerprint density at radius 2 is 2.06 bits per heavy atom. The maximum atomic E-state index is 13.3. The number of carboxylic acid groups (broad SMARTS) is 1. The van der Waals surface area contributed by atoms with E-state index in [-0.39, 0.29) is 12.1 Å². The number of halogens is 1. The summed E-state index contributed by atoms with van der Waals surface area (Å²) >= 11 is 0. The molecule has 0 radical (unpaired) electrons. The fourth-order valence-corrected chi connectivity index (χ4v) is 1.65. The van der Waals surface area contributed by atoms with Crippen LogP contribution in [0.25, 0.3) is 0 Å². The second-order valence-electron chi connectivity index (χ2n) is 4.06. The lowest BCUT2D eigenvalue weighted by molar-refractivity contribution is -0.143. The Labute approximate surface area is 105 Å². The van der Waals surface area contributed by atoms with Crippen molar-refractivity contribution < 1.29 is 19.1 Å². The molecule has 0 saturated heterocycles. The second kappa shape index (κ2) is 6.74. The van der Waals surface area contributed by atoms with Gasteiger partial charge in [-0.05, 0) is 18.6 Å². The summed E-state index contributed by atoms with van der Waals surface area (Å²) in [5.41, 5.74) is 0.0723. The minimum absolute atomic E-state index is 0.0723. The fraction of sp³-hybridized carbons (Fsp3) is 0.385. The molecule has 1 unspecified atom stereocenters. The summed E-state index contributed by atoms with van der Waals surface area (Å²) in [5, 5.41) is 11.3. The smallest absolute Gasteiger partial charge is 0.307 e. The highest BCUT2D eigenvalue weighted by molar-refractivity contribution is 5.93. The number of anilines is 1. The Morgan fingerprint density at radius 1 is 1.39 bits per heavy atom. The van der Waals surface area contributed by atoms with Crippen molar-refractivity contribution in [2.24, 2.45) is 5.92 Å². The van der Waals surface area contributed by atoms with Crippen molar-refractivity contribution in [3.05, 3.63) is 30.1 Å². The van der Waals surface area contributed by atoms with Crippen LogP contribution in [0, 0.1) is 11.7 Å². The molecule has 2 N–H and O–H groups in total. The molecule has 0 aliphatic carbocycles. The Bertz CT molecular complexity index is 434. The van der Waals surface area contributed by atoms with Crippen molar-refractivity contribution >= 4 is 17.6 Å². The van der Waals surface area contributed by atoms with Gasteiger partial charge in [-0.1, -0.05) is 25.5 Å². The van der Waals surface area contributed by atoms with Crippen LogP contribution in [0.2, 0.25) is 0 Å². The van der Waals surface area contributed by atoms with E-state index in [1.54, 1.807) is 6.07 Å². The van der Waals surface area contributed by atoms with Crippen LogP contribution in [-0.4, -0.2) is 17.0 Å². The van der Waals surface area contributed by atoms with Crippen LogP contribution in [0.5, 0.6) is 0 Å². The van der Waals surface area contributed by atoms with E-state index < -0.39 is 23.6 Å².